The van der Waals surface area contributed by atoms with Gasteiger partial charge in [0.15, 0.2) is 0 Å². The molecular formula is C15H23NO2. The van der Waals surface area contributed by atoms with Gasteiger partial charge >= 0.3 is 0 Å². The van der Waals surface area contributed by atoms with Crippen molar-refractivity contribution in [3.63, 3.8) is 0 Å². The number of rotatable bonds is 6. The highest BCUT2D eigenvalue weighted by molar-refractivity contribution is 5.34. The van der Waals surface area contributed by atoms with E-state index in [1.54, 1.807) is 0 Å². The molecule has 1 aromatic rings. The van der Waals surface area contributed by atoms with E-state index in [0.717, 1.165) is 45.0 Å². The molecule has 1 aromatic carbocycles. The molecule has 1 saturated heterocycles. The molecule has 0 unspecified atom stereocenters. The topological polar surface area (TPSA) is 30.5 Å². The molecule has 1 heterocycles. The van der Waals surface area contributed by atoms with Gasteiger partial charge in [-0.15, -0.1) is 0 Å². The third-order valence-electron chi connectivity index (χ3n) is 3.30. The van der Waals surface area contributed by atoms with E-state index in [0.29, 0.717) is 6.04 Å². The molecule has 0 amide bonds. The van der Waals surface area contributed by atoms with Gasteiger partial charge in [0.25, 0.3) is 0 Å². The van der Waals surface area contributed by atoms with Gasteiger partial charge in [-0.2, -0.15) is 0 Å². The highest BCUT2D eigenvalue weighted by atomic mass is 16.5. The summed E-state index contributed by atoms with van der Waals surface area (Å²) in [4.78, 5) is 0. The predicted octanol–water partition coefficient (Wildman–Crippen LogP) is 2.66. The molecule has 0 radical (unpaired) electrons. The van der Waals surface area contributed by atoms with E-state index < -0.39 is 0 Å². The predicted molar refractivity (Wildman–Crippen MR) is 73.0 cm³/mol. The Kier molecular flexibility index (Phi) is 5.02. The van der Waals surface area contributed by atoms with Crippen molar-refractivity contribution < 1.29 is 9.47 Å². The fraction of sp³-hybridized carbons (Fsp3) is 0.600. The van der Waals surface area contributed by atoms with Crippen LogP contribution in [-0.4, -0.2) is 25.9 Å². The van der Waals surface area contributed by atoms with Crippen molar-refractivity contribution in [2.75, 3.05) is 19.8 Å². The van der Waals surface area contributed by atoms with Gasteiger partial charge in [-0.3, -0.25) is 0 Å². The van der Waals surface area contributed by atoms with Crippen LogP contribution >= 0.6 is 0 Å². The van der Waals surface area contributed by atoms with Crippen LogP contribution in [0.1, 0.15) is 30.9 Å². The molecule has 3 heteroatoms. The lowest BCUT2D eigenvalue weighted by atomic mass is 10.1. The van der Waals surface area contributed by atoms with Gasteiger partial charge in [-0.1, -0.05) is 13.0 Å². The number of ether oxygens (including phenoxy) is 2. The minimum Gasteiger partial charge on any atom is -0.494 e. The zero-order valence-corrected chi connectivity index (χ0v) is 11.4. The van der Waals surface area contributed by atoms with Crippen LogP contribution in [0.4, 0.5) is 0 Å². The number of hydrogen-bond acceptors (Lipinski definition) is 3. The van der Waals surface area contributed by atoms with Crippen LogP contribution in [0.25, 0.3) is 0 Å². The van der Waals surface area contributed by atoms with E-state index in [-0.39, 0.29) is 0 Å². The lowest BCUT2D eigenvalue weighted by Crippen LogP contribution is -2.28. The number of aryl methyl sites for hydroxylation is 1. The first-order chi connectivity index (χ1) is 8.79. The van der Waals surface area contributed by atoms with Crippen molar-refractivity contribution in [1.29, 1.82) is 0 Å². The first kappa shape index (κ1) is 13.4. The molecule has 1 aliphatic rings. The Balaban J connectivity index is 1.87. The first-order valence-corrected chi connectivity index (χ1v) is 6.83. The van der Waals surface area contributed by atoms with E-state index >= 15 is 0 Å². The Morgan fingerprint density at radius 1 is 1.44 bits per heavy atom. The largest absolute Gasteiger partial charge is 0.494 e. The van der Waals surface area contributed by atoms with Gasteiger partial charge in [0.05, 0.1) is 13.2 Å². The molecule has 1 atom stereocenters. The fourth-order valence-corrected chi connectivity index (χ4v) is 2.13. The average molecular weight is 249 g/mol. The van der Waals surface area contributed by atoms with Gasteiger partial charge in [0.1, 0.15) is 5.75 Å². The Labute approximate surface area is 109 Å². The van der Waals surface area contributed by atoms with E-state index in [9.17, 15) is 0 Å². The van der Waals surface area contributed by atoms with Crippen LogP contribution in [0.15, 0.2) is 18.2 Å². The number of hydrogen-bond donors (Lipinski definition) is 1. The van der Waals surface area contributed by atoms with E-state index in [4.69, 9.17) is 9.47 Å². The molecule has 1 fully saturated rings. The standard InChI is InChI=1S/C15H23NO2/c1-3-7-18-15-5-4-13(12(2)9-15)10-16-14-6-8-17-11-14/h4-5,9,14,16H,3,6-8,10-11H2,1-2H3/t14-/m0/s1. The van der Waals surface area contributed by atoms with Gasteiger partial charge in [-0.05, 0) is 43.0 Å². The van der Waals surface area contributed by atoms with Crippen LogP contribution in [-0.2, 0) is 11.3 Å². The number of benzene rings is 1. The Bertz CT molecular complexity index is 373. The third kappa shape index (κ3) is 3.72. The van der Waals surface area contributed by atoms with Crippen LogP contribution in [0.2, 0.25) is 0 Å². The summed E-state index contributed by atoms with van der Waals surface area (Å²) >= 11 is 0. The summed E-state index contributed by atoms with van der Waals surface area (Å²) in [5.74, 6) is 0.974. The summed E-state index contributed by atoms with van der Waals surface area (Å²) < 4.78 is 11.0. The van der Waals surface area contributed by atoms with Crippen molar-refractivity contribution in [2.45, 2.75) is 39.3 Å². The van der Waals surface area contributed by atoms with Gasteiger partial charge in [0, 0.05) is 19.2 Å². The van der Waals surface area contributed by atoms with Crippen molar-refractivity contribution in [1.82, 2.24) is 5.32 Å². The molecule has 1 aliphatic heterocycles. The van der Waals surface area contributed by atoms with E-state index in [2.05, 4.69) is 37.4 Å². The van der Waals surface area contributed by atoms with Crippen LogP contribution in [0.3, 0.4) is 0 Å². The molecule has 2 rings (SSSR count). The molecule has 0 aromatic heterocycles. The lowest BCUT2D eigenvalue weighted by Gasteiger charge is -2.13. The van der Waals surface area contributed by atoms with Crippen LogP contribution in [0, 0.1) is 6.92 Å². The zero-order valence-electron chi connectivity index (χ0n) is 11.4. The second kappa shape index (κ2) is 6.76. The summed E-state index contributed by atoms with van der Waals surface area (Å²) in [6.07, 6.45) is 2.17. The van der Waals surface area contributed by atoms with Crippen molar-refractivity contribution in [3.8, 4) is 5.75 Å². The van der Waals surface area contributed by atoms with Crippen LogP contribution in [0.5, 0.6) is 5.75 Å². The van der Waals surface area contributed by atoms with Crippen LogP contribution < -0.4 is 10.1 Å². The maximum absolute atomic E-state index is 5.63. The minimum absolute atomic E-state index is 0.514. The first-order valence-electron chi connectivity index (χ1n) is 6.83. The summed E-state index contributed by atoms with van der Waals surface area (Å²) in [5, 5.41) is 3.54. The molecule has 0 aliphatic carbocycles. The highest BCUT2D eigenvalue weighted by Crippen LogP contribution is 2.18. The SMILES string of the molecule is CCCOc1ccc(CN[C@H]2CCOC2)c(C)c1. The fourth-order valence-electron chi connectivity index (χ4n) is 2.13. The smallest absolute Gasteiger partial charge is 0.119 e. The monoisotopic (exact) mass is 249 g/mol. The van der Waals surface area contributed by atoms with Gasteiger partial charge < -0.3 is 14.8 Å². The maximum Gasteiger partial charge on any atom is 0.119 e. The van der Waals surface area contributed by atoms with Gasteiger partial charge in [0.2, 0.25) is 0 Å². The summed E-state index contributed by atoms with van der Waals surface area (Å²) in [6.45, 7) is 7.69. The van der Waals surface area contributed by atoms with E-state index in [1.165, 1.54) is 11.1 Å². The second-order valence-electron chi connectivity index (χ2n) is 4.88. The molecule has 1 N–H and O–H groups in total. The van der Waals surface area contributed by atoms with Crippen molar-refractivity contribution in [3.05, 3.63) is 29.3 Å². The Morgan fingerprint density at radius 2 is 2.33 bits per heavy atom. The average Bonchev–Trinajstić information content (AvgIpc) is 2.88. The van der Waals surface area contributed by atoms with E-state index in [1.807, 2.05) is 0 Å². The van der Waals surface area contributed by atoms with Gasteiger partial charge in [-0.25, -0.2) is 0 Å². The molecule has 3 nitrogen and oxygen atoms in total. The number of nitrogens with one attached hydrogen (secondary N) is 1. The Hall–Kier alpha value is -1.06. The molecular weight excluding hydrogens is 226 g/mol. The second-order valence-corrected chi connectivity index (χ2v) is 4.88. The molecule has 100 valence electrons. The summed E-state index contributed by atoms with van der Waals surface area (Å²) in [6, 6.07) is 6.85. The molecule has 0 spiro atoms. The lowest BCUT2D eigenvalue weighted by molar-refractivity contribution is 0.190. The molecule has 18 heavy (non-hydrogen) atoms. The summed E-state index contributed by atoms with van der Waals surface area (Å²) in [5.41, 5.74) is 2.63. The summed E-state index contributed by atoms with van der Waals surface area (Å²) in [7, 11) is 0. The normalized spacial score (nSPS) is 19.1. The van der Waals surface area contributed by atoms with Crippen molar-refractivity contribution in [2.24, 2.45) is 0 Å². The Morgan fingerprint density at radius 3 is 3.00 bits per heavy atom. The minimum atomic E-state index is 0.514. The molecule has 0 bridgehead atoms. The zero-order chi connectivity index (χ0) is 12.8. The highest BCUT2D eigenvalue weighted by Gasteiger charge is 2.14. The van der Waals surface area contributed by atoms with Crippen molar-refractivity contribution >= 4 is 0 Å². The molecule has 0 saturated carbocycles. The maximum atomic E-state index is 5.63. The third-order valence-corrected chi connectivity index (χ3v) is 3.30. The quantitative estimate of drug-likeness (QED) is 0.840.